The smallest absolute Gasteiger partial charge is 0.251 e. The molecule has 1 N–H and O–H groups in total. The first-order valence-electron chi connectivity index (χ1n) is 11.7. The van der Waals surface area contributed by atoms with Crippen molar-refractivity contribution in [1.82, 2.24) is 15.3 Å². The second kappa shape index (κ2) is 12.1. The van der Waals surface area contributed by atoms with Gasteiger partial charge in [-0.25, -0.2) is 9.97 Å². The molecule has 3 aromatic rings. The van der Waals surface area contributed by atoms with Gasteiger partial charge in [-0.05, 0) is 48.2 Å². The van der Waals surface area contributed by atoms with Crippen molar-refractivity contribution in [2.45, 2.75) is 44.1 Å². The Hall–Kier alpha value is -2.97. The summed E-state index contributed by atoms with van der Waals surface area (Å²) in [6, 6.07) is 15.1. The minimum atomic E-state index is -0.134. The van der Waals surface area contributed by atoms with Gasteiger partial charge in [0.1, 0.15) is 11.0 Å². The van der Waals surface area contributed by atoms with E-state index in [0.717, 1.165) is 48.6 Å². The van der Waals surface area contributed by atoms with E-state index in [0.29, 0.717) is 33.9 Å². The van der Waals surface area contributed by atoms with Gasteiger partial charge >= 0.3 is 0 Å². The number of amides is 1. The van der Waals surface area contributed by atoms with Crippen LogP contribution in [0.4, 0.5) is 5.82 Å². The zero-order valence-electron chi connectivity index (χ0n) is 19.9. The molecule has 1 aromatic heterocycles. The number of hydrogen-bond donors (Lipinski definition) is 1. The van der Waals surface area contributed by atoms with Crippen LogP contribution in [0.25, 0.3) is 0 Å². The summed E-state index contributed by atoms with van der Waals surface area (Å²) in [6.45, 7) is 6.79. The van der Waals surface area contributed by atoms with Crippen LogP contribution in [0.1, 0.15) is 48.2 Å². The lowest BCUT2D eigenvalue weighted by Gasteiger charge is -2.22. The number of ether oxygens (including phenoxy) is 2. The minimum absolute atomic E-state index is 0.134. The topological polar surface area (TPSA) is 76.6 Å². The summed E-state index contributed by atoms with van der Waals surface area (Å²) in [5.74, 6) is 2.78. The Balaban J connectivity index is 1.37. The van der Waals surface area contributed by atoms with Crippen molar-refractivity contribution in [3.05, 3.63) is 70.4 Å². The van der Waals surface area contributed by atoms with Gasteiger partial charge in [-0.1, -0.05) is 55.4 Å². The number of anilines is 1. The fourth-order valence-electron chi connectivity index (χ4n) is 3.78. The molecule has 0 radical (unpaired) electrons. The molecular formula is C26H29ClN4O3S. The molecular weight excluding hydrogens is 484 g/mol. The van der Waals surface area contributed by atoms with E-state index in [1.165, 1.54) is 11.8 Å². The van der Waals surface area contributed by atoms with E-state index >= 15 is 0 Å². The maximum atomic E-state index is 12.7. The van der Waals surface area contributed by atoms with Gasteiger partial charge in [-0.15, -0.1) is 0 Å². The summed E-state index contributed by atoms with van der Waals surface area (Å²) < 4.78 is 10.7. The highest BCUT2D eigenvalue weighted by molar-refractivity contribution is 7.98. The lowest BCUT2D eigenvalue weighted by molar-refractivity contribution is 0.0950. The number of thioether (sulfide) groups is 1. The first-order valence-corrected chi connectivity index (χ1v) is 13.1. The monoisotopic (exact) mass is 512 g/mol. The summed E-state index contributed by atoms with van der Waals surface area (Å²) >= 11 is 7.81. The number of carbonyl (C=O) groups is 1. The number of carbonyl (C=O) groups excluding carboxylic acids is 1. The van der Waals surface area contributed by atoms with E-state index < -0.39 is 0 Å². The van der Waals surface area contributed by atoms with E-state index in [2.05, 4.69) is 29.0 Å². The first kappa shape index (κ1) is 25.1. The number of fused-ring (bicyclic) bond motifs is 1. The van der Waals surface area contributed by atoms with Crippen LogP contribution in [0.15, 0.2) is 53.7 Å². The third-order valence-electron chi connectivity index (χ3n) is 5.42. The first-order chi connectivity index (χ1) is 17.1. The maximum absolute atomic E-state index is 12.7. The number of aromatic nitrogens is 2. The van der Waals surface area contributed by atoms with Gasteiger partial charge in [0, 0.05) is 37.0 Å². The molecule has 0 unspecified atom stereocenters. The van der Waals surface area contributed by atoms with Gasteiger partial charge in [0.15, 0.2) is 16.7 Å². The summed E-state index contributed by atoms with van der Waals surface area (Å²) in [5, 5.41) is 4.03. The van der Waals surface area contributed by atoms with E-state index in [1.807, 2.05) is 48.5 Å². The minimum Gasteiger partial charge on any atom is -0.454 e. The molecule has 0 saturated carbocycles. The van der Waals surface area contributed by atoms with Crippen molar-refractivity contribution in [1.29, 1.82) is 0 Å². The molecule has 2 heterocycles. The third kappa shape index (κ3) is 6.80. The molecule has 184 valence electrons. The van der Waals surface area contributed by atoms with E-state index in [-0.39, 0.29) is 12.7 Å². The van der Waals surface area contributed by atoms with Crippen LogP contribution in [0.5, 0.6) is 11.5 Å². The molecule has 0 bridgehead atoms. The van der Waals surface area contributed by atoms with Gasteiger partial charge in [0.05, 0.1) is 0 Å². The quantitative estimate of drug-likeness (QED) is 0.200. The number of hydrogen-bond acceptors (Lipinski definition) is 7. The predicted octanol–water partition coefficient (Wildman–Crippen LogP) is 5.71. The van der Waals surface area contributed by atoms with Crippen molar-refractivity contribution >= 4 is 35.1 Å². The highest BCUT2D eigenvalue weighted by Crippen LogP contribution is 2.32. The third-order valence-corrected chi connectivity index (χ3v) is 6.53. The van der Waals surface area contributed by atoms with E-state index in [1.54, 1.807) is 0 Å². The number of rotatable bonds is 11. The highest BCUT2D eigenvalue weighted by Gasteiger charge is 2.14. The maximum Gasteiger partial charge on any atom is 0.251 e. The summed E-state index contributed by atoms with van der Waals surface area (Å²) in [5.41, 5.74) is 2.56. The van der Waals surface area contributed by atoms with Crippen LogP contribution in [0.3, 0.4) is 0 Å². The van der Waals surface area contributed by atoms with Crippen LogP contribution in [0, 0.1) is 0 Å². The fourth-order valence-corrected chi connectivity index (χ4v) is 4.80. The predicted molar refractivity (Wildman–Crippen MR) is 140 cm³/mol. The van der Waals surface area contributed by atoms with Gasteiger partial charge in [0.25, 0.3) is 5.91 Å². The lowest BCUT2D eigenvalue weighted by atomic mass is 10.1. The number of nitrogens with one attached hydrogen (secondary N) is 1. The van der Waals surface area contributed by atoms with Gasteiger partial charge in [-0.2, -0.15) is 0 Å². The number of benzene rings is 2. The normalized spacial score (nSPS) is 12.0. The molecule has 2 aromatic carbocycles. The molecule has 4 rings (SSSR count). The van der Waals surface area contributed by atoms with Crippen LogP contribution >= 0.6 is 23.4 Å². The molecule has 0 fully saturated rings. The molecule has 35 heavy (non-hydrogen) atoms. The lowest BCUT2D eigenvalue weighted by Crippen LogP contribution is -2.26. The van der Waals surface area contributed by atoms with Crippen LogP contribution in [-0.4, -0.2) is 35.8 Å². The molecule has 0 atom stereocenters. The van der Waals surface area contributed by atoms with Crippen molar-refractivity contribution < 1.29 is 14.3 Å². The van der Waals surface area contributed by atoms with Gasteiger partial charge in [0.2, 0.25) is 6.79 Å². The standard InChI is InChI=1S/C26H29ClN4O3S/c1-3-10-31(11-4-2)24-14-23(27)29-26(30-24)35-16-19-6-5-7-20(12-19)25(32)28-15-18-8-9-21-22(13-18)34-17-33-21/h5-9,12-14H,3-4,10-11,15-17H2,1-2H3,(H,28,32). The van der Waals surface area contributed by atoms with Crippen LogP contribution in [-0.2, 0) is 12.3 Å². The summed E-state index contributed by atoms with van der Waals surface area (Å²) in [7, 11) is 0. The molecule has 0 saturated heterocycles. The SMILES string of the molecule is CCCN(CCC)c1cc(Cl)nc(SCc2cccc(C(=O)NCc3ccc4c(c3)OCO4)c2)n1. The van der Waals surface area contributed by atoms with Crippen molar-refractivity contribution in [2.75, 3.05) is 24.8 Å². The van der Waals surface area contributed by atoms with Gasteiger partial charge in [-0.3, -0.25) is 4.79 Å². The summed E-state index contributed by atoms with van der Waals surface area (Å²) in [4.78, 5) is 24.1. The average Bonchev–Trinajstić information content (AvgIpc) is 3.34. The average molecular weight is 513 g/mol. The van der Waals surface area contributed by atoms with E-state index in [9.17, 15) is 4.79 Å². The van der Waals surface area contributed by atoms with Crippen molar-refractivity contribution in [3.8, 4) is 11.5 Å². The summed E-state index contributed by atoms with van der Waals surface area (Å²) in [6.07, 6.45) is 2.07. The zero-order valence-corrected chi connectivity index (χ0v) is 21.5. The molecule has 1 aliphatic rings. The second-order valence-electron chi connectivity index (χ2n) is 8.18. The van der Waals surface area contributed by atoms with E-state index in [4.69, 9.17) is 26.1 Å². The van der Waals surface area contributed by atoms with Crippen molar-refractivity contribution in [2.24, 2.45) is 0 Å². The Bertz CT molecular complexity index is 1170. The molecule has 0 spiro atoms. The molecule has 7 nitrogen and oxygen atoms in total. The Kier molecular flexibility index (Phi) is 8.71. The van der Waals surface area contributed by atoms with Crippen LogP contribution < -0.4 is 19.7 Å². The second-order valence-corrected chi connectivity index (χ2v) is 9.51. The Morgan fingerprint density at radius 1 is 1.03 bits per heavy atom. The molecule has 1 aliphatic heterocycles. The largest absolute Gasteiger partial charge is 0.454 e. The van der Waals surface area contributed by atoms with Crippen molar-refractivity contribution in [3.63, 3.8) is 0 Å². The number of halogens is 1. The van der Waals surface area contributed by atoms with Gasteiger partial charge < -0.3 is 19.7 Å². The molecule has 0 aliphatic carbocycles. The molecule has 1 amide bonds. The Morgan fingerprint density at radius 2 is 1.83 bits per heavy atom. The highest BCUT2D eigenvalue weighted by atomic mass is 35.5. The molecule has 9 heteroatoms. The van der Waals surface area contributed by atoms with Crippen LogP contribution in [0.2, 0.25) is 5.15 Å². The zero-order chi connectivity index (χ0) is 24.6. The Morgan fingerprint density at radius 3 is 2.63 bits per heavy atom. The fraction of sp³-hybridized carbons (Fsp3) is 0.346. The Labute approximate surface area is 215 Å². The number of nitrogens with zero attached hydrogens (tertiary/aromatic N) is 3.